The quantitative estimate of drug-likeness (QED) is 0.360. The number of hydrogen-bond acceptors (Lipinski definition) is 3. The predicted molar refractivity (Wildman–Crippen MR) is 30.3 cm³/mol. The summed E-state index contributed by atoms with van der Waals surface area (Å²) in [5, 5.41) is -0.449. The molecule has 1 aromatic rings. The Hall–Kier alpha value is 0.736. The minimum Gasteiger partial charge on any atom is -0.734 e. The first-order valence-electron chi connectivity index (χ1n) is 2.01. The standard InChI is InChI=1S/C4H4N2OS.K/c7-4(8)3-5-1-2-6-3;/h1-2H,(H,5,6)(H,7,8);/q;+1/p-1. The van der Waals surface area contributed by atoms with E-state index in [9.17, 15) is 4.79 Å². The van der Waals surface area contributed by atoms with E-state index in [1.165, 1.54) is 6.20 Å². The summed E-state index contributed by atoms with van der Waals surface area (Å²) in [4.78, 5) is 16.4. The number of aromatic nitrogens is 2. The molecule has 0 atom stereocenters. The van der Waals surface area contributed by atoms with Gasteiger partial charge in [0, 0.05) is 12.4 Å². The van der Waals surface area contributed by atoms with Crippen molar-refractivity contribution in [3.8, 4) is 0 Å². The van der Waals surface area contributed by atoms with E-state index in [-0.39, 0.29) is 57.2 Å². The fraction of sp³-hybridized carbons (Fsp3) is 0. The van der Waals surface area contributed by atoms with E-state index < -0.39 is 5.12 Å². The number of imidazole rings is 1. The van der Waals surface area contributed by atoms with Gasteiger partial charge in [-0.15, -0.1) is 0 Å². The van der Waals surface area contributed by atoms with Crippen LogP contribution in [0.3, 0.4) is 0 Å². The van der Waals surface area contributed by atoms with Crippen LogP contribution in [0.15, 0.2) is 12.4 Å². The summed E-state index contributed by atoms with van der Waals surface area (Å²) in [6, 6.07) is 0. The Morgan fingerprint density at radius 3 is 2.67 bits per heavy atom. The fourth-order valence-electron chi connectivity index (χ4n) is 0.377. The summed E-state index contributed by atoms with van der Waals surface area (Å²) in [6.07, 6.45) is 3.04. The summed E-state index contributed by atoms with van der Waals surface area (Å²) in [6.45, 7) is 0. The topological polar surface area (TPSA) is 45.8 Å². The second-order valence-electron chi connectivity index (χ2n) is 1.23. The van der Waals surface area contributed by atoms with Crippen molar-refractivity contribution in [2.24, 2.45) is 0 Å². The van der Waals surface area contributed by atoms with Gasteiger partial charge in [0.2, 0.25) is 0 Å². The van der Waals surface area contributed by atoms with E-state index in [2.05, 4.69) is 22.6 Å². The van der Waals surface area contributed by atoms with E-state index in [1.54, 1.807) is 6.20 Å². The van der Waals surface area contributed by atoms with E-state index in [0.717, 1.165) is 0 Å². The van der Waals surface area contributed by atoms with Gasteiger partial charge in [0.15, 0.2) is 0 Å². The van der Waals surface area contributed by atoms with Crippen molar-refractivity contribution in [1.29, 1.82) is 0 Å². The second kappa shape index (κ2) is 4.54. The number of H-pyrrole nitrogens is 1. The van der Waals surface area contributed by atoms with Crippen molar-refractivity contribution < 1.29 is 56.2 Å². The normalized spacial score (nSPS) is 8.00. The maximum Gasteiger partial charge on any atom is 1.00 e. The van der Waals surface area contributed by atoms with Gasteiger partial charge in [-0.1, -0.05) is 0 Å². The molecular formula is C4H3KN2OS. The molecule has 1 heterocycles. The van der Waals surface area contributed by atoms with Crippen LogP contribution in [0.5, 0.6) is 0 Å². The monoisotopic (exact) mass is 166 g/mol. The molecule has 0 bridgehead atoms. The SMILES string of the molecule is O=C([S-])c1ncc[nH]1.[K+]. The molecule has 1 rings (SSSR count). The molecule has 0 aliphatic carbocycles. The van der Waals surface area contributed by atoms with E-state index in [0.29, 0.717) is 0 Å². The Balaban J connectivity index is 0.000000640. The smallest absolute Gasteiger partial charge is 0.734 e. The molecule has 1 N–H and O–H groups in total. The second-order valence-corrected chi connectivity index (χ2v) is 1.60. The van der Waals surface area contributed by atoms with Gasteiger partial charge < -0.3 is 22.4 Å². The molecule has 3 nitrogen and oxygen atoms in total. The number of hydrogen-bond donors (Lipinski definition) is 1. The van der Waals surface area contributed by atoms with Gasteiger partial charge >= 0.3 is 51.4 Å². The van der Waals surface area contributed by atoms with Crippen LogP contribution >= 0.6 is 0 Å². The van der Waals surface area contributed by atoms with Crippen LogP contribution in [-0.4, -0.2) is 15.1 Å². The maximum atomic E-state index is 10.2. The van der Waals surface area contributed by atoms with Crippen molar-refractivity contribution in [3.05, 3.63) is 18.2 Å². The molecule has 0 spiro atoms. The molecule has 9 heavy (non-hydrogen) atoms. The molecule has 0 saturated carbocycles. The Morgan fingerprint density at radius 1 is 1.78 bits per heavy atom. The van der Waals surface area contributed by atoms with Crippen LogP contribution in [0.4, 0.5) is 0 Å². The molecule has 0 unspecified atom stereocenters. The molecule has 5 heteroatoms. The Labute approximate surface area is 100 Å². The average molecular weight is 166 g/mol. The number of rotatable bonds is 1. The molecule has 0 fully saturated rings. The van der Waals surface area contributed by atoms with Gasteiger partial charge in [0.1, 0.15) is 5.82 Å². The third-order valence-corrected chi connectivity index (χ3v) is 0.885. The van der Waals surface area contributed by atoms with Crippen LogP contribution in [-0.2, 0) is 12.6 Å². The molecule has 0 aromatic carbocycles. The number of nitrogens with zero attached hydrogens (tertiary/aromatic N) is 1. The first-order valence-corrected chi connectivity index (χ1v) is 2.42. The third kappa shape index (κ3) is 2.88. The first-order chi connectivity index (χ1) is 3.80. The van der Waals surface area contributed by atoms with Crippen LogP contribution < -0.4 is 51.4 Å². The number of carbonyl (C=O) groups is 1. The maximum absolute atomic E-state index is 10.2. The zero-order valence-electron chi connectivity index (χ0n) is 4.92. The first kappa shape index (κ1) is 9.74. The van der Waals surface area contributed by atoms with E-state index in [4.69, 9.17) is 0 Å². The van der Waals surface area contributed by atoms with Crippen LogP contribution in [0.2, 0.25) is 0 Å². The zero-order chi connectivity index (χ0) is 5.98. The largest absolute Gasteiger partial charge is 1.00 e. The Kier molecular flexibility index (Phi) is 4.91. The molecule has 0 aliphatic rings. The van der Waals surface area contributed by atoms with E-state index in [1.807, 2.05) is 0 Å². The molecule has 42 valence electrons. The van der Waals surface area contributed by atoms with Crippen molar-refractivity contribution in [2.75, 3.05) is 0 Å². The van der Waals surface area contributed by atoms with Crippen LogP contribution in [0.1, 0.15) is 10.6 Å². The summed E-state index contributed by atoms with van der Waals surface area (Å²) in [5.74, 6) is 0.236. The van der Waals surface area contributed by atoms with Gasteiger partial charge in [-0.2, -0.15) is 0 Å². The molecule has 0 amide bonds. The minimum atomic E-state index is -0.449. The van der Waals surface area contributed by atoms with Gasteiger partial charge in [-0.3, -0.25) is 0 Å². The van der Waals surface area contributed by atoms with Crippen LogP contribution in [0.25, 0.3) is 0 Å². The summed E-state index contributed by atoms with van der Waals surface area (Å²) in [5.41, 5.74) is 0. The Bertz CT molecular complexity index is 186. The van der Waals surface area contributed by atoms with Crippen molar-refractivity contribution >= 4 is 17.7 Å². The van der Waals surface area contributed by atoms with E-state index >= 15 is 0 Å². The van der Waals surface area contributed by atoms with Crippen LogP contribution in [0, 0.1) is 0 Å². The fourth-order valence-corrected chi connectivity index (χ4v) is 0.489. The van der Waals surface area contributed by atoms with Gasteiger partial charge in [-0.05, 0) is 0 Å². The summed E-state index contributed by atoms with van der Waals surface area (Å²) < 4.78 is 0. The average Bonchev–Trinajstić information content (AvgIpc) is 2.12. The minimum absolute atomic E-state index is 0. The van der Waals surface area contributed by atoms with Gasteiger partial charge in [-0.25, -0.2) is 4.98 Å². The molecule has 0 saturated heterocycles. The Morgan fingerprint density at radius 2 is 2.44 bits per heavy atom. The number of nitrogens with one attached hydrogen (secondary N) is 1. The van der Waals surface area contributed by atoms with Crippen molar-refractivity contribution in [3.63, 3.8) is 0 Å². The van der Waals surface area contributed by atoms with Crippen molar-refractivity contribution in [2.45, 2.75) is 0 Å². The predicted octanol–water partition coefficient (Wildman–Crippen LogP) is -2.90. The summed E-state index contributed by atoms with van der Waals surface area (Å²) >= 11 is 4.27. The molecular weight excluding hydrogens is 163 g/mol. The number of aromatic amines is 1. The molecule has 1 aromatic heterocycles. The third-order valence-electron chi connectivity index (χ3n) is 0.692. The molecule has 0 radical (unpaired) electrons. The summed E-state index contributed by atoms with van der Waals surface area (Å²) in [7, 11) is 0. The number of carbonyl (C=O) groups excluding carboxylic acids is 1. The molecule has 0 aliphatic heterocycles. The zero-order valence-corrected chi connectivity index (χ0v) is 8.86. The van der Waals surface area contributed by atoms with Gasteiger partial charge in [0.05, 0.1) is 5.12 Å². The van der Waals surface area contributed by atoms with Crippen molar-refractivity contribution in [1.82, 2.24) is 9.97 Å². The van der Waals surface area contributed by atoms with Gasteiger partial charge in [0.25, 0.3) is 0 Å².